The summed E-state index contributed by atoms with van der Waals surface area (Å²) in [6, 6.07) is 8.78. The Morgan fingerprint density at radius 2 is 1.79 bits per heavy atom. The Morgan fingerprint density at radius 1 is 1.07 bits per heavy atom. The summed E-state index contributed by atoms with van der Waals surface area (Å²) in [7, 11) is -2.18. The molecule has 0 aliphatic carbocycles. The van der Waals surface area contributed by atoms with Gasteiger partial charge in [-0.05, 0) is 49.2 Å². The molecule has 7 nitrogen and oxygen atoms in total. The van der Waals surface area contributed by atoms with Gasteiger partial charge in [0, 0.05) is 6.54 Å². The van der Waals surface area contributed by atoms with Crippen molar-refractivity contribution in [2.24, 2.45) is 0 Å². The van der Waals surface area contributed by atoms with Crippen molar-refractivity contribution in [3.63, 3.8) is 0 Å². The molecule has 29 heavy (non-hydrogen) atoms. The highest BCUT2D eigenvalue weighted by molar-refractivity contribution is 7.92. The van der Waals surface area contributed by atoms with Gasteiger partial charge < -0.3 is 10.1 Å². The Kier molecular flexibility index (Phi) is 6.36. The molecule has 2 aromatic rings. The zero-order valence-electron chi connectivity index (χ0n) is 15.4. The van der Waals surface area contributed by atoms with E-state index in [9.17, 15) is 18.0 Å². The molecule has 0 saturated carbocycles. The van der Waals surface area contributed by atoms with Crippen molar-refractivity contribution in [3.05, 3.63) is 57.6 Å². The molecule has 1 fully saturated rings. The second kappa shape index (κ2) is 8.61. The number of sulfonamides is 1. The van der Waals surface area contributed by atoms with E-state index < -0.39 is 21.9 Å². The van der Waals surface area contributed by atoms with Crippen LogP contribution in [-0.2, 0) is 14.8 Å². The number of nitrogens with one attached hydrogen (secondary N) is 1. The number of benzene rings is 2. The van der Waals surface area contributed by atoms with E-state index in [0.29, 0.717) is 18.7 Å². The van der Waals surface area contributed by atoms with Gasteiger partial charge in [-0.3, -0.25) is 9.10 Å². The van der Waals surface area contributed by atoms with Crippen LogP contribution in [0.1, 0.15) is 33.6 Å². The summed E-state index contributed by atoms with van der Waals surface area (Å²) in [5.74, 6) is -1.10. The Balaban J connectivity index is 1.91. The van der Waals surface area contributed by atoms with Crippen molar-refractivity contribution in [2.45, 2.75) is 12.8 Å². The molecule has 1 aliphatic rings. The van der Waals surface area contributed by atoms with Gasteiger partial charge in [-0.25, -0.2) is 13.2 Å². The van der Waals surface area contributed by atoms with Crippen LogP contribution in [-0.4, -0.2) is 39.7 Å². The Labute approximate surface area is 178 Å². The number of amides is 1. The second-order valence-corrected chi connectivity index (χ2v) is 9.23. The van der Waals surface area contributed by atoms with Gasteiger partial charge in [0.25, 0.3) is 5.91 Å². The molecule has 10 heteroatoms. The van der Waals surface area contributed by atoms with Gasteiger partial charge in [0.15, 0.2) is 0 Å². The molecule has 0 atom stereocenters. The molecule has 1 N–H and O–H groups in total. The fourth-order valence-electron chi connectivity index (χ4n) is 2.98. The van der Waals surface area contributed by atoms with Crippen molar-refractivity contribution in [2.75, 3.05) is 29.0 Å². The van der Waals surface area contributed by atoms with Crippen molar-refractivity contribution in [1.29, 1.82) is 0 Å². The number of rotatable bonds is 4. The van der Waals surface area contributed by atoms with E-state index in [2.05, 4.69) is 10.1 Å². The molecule has 0 radical (unpaired) electrons. The van der Waals surface area contributed by atoms with E-state index >= 15 is 0 Å². The molecule has 0 bridgehead atoms. The van der Waals surface area contributed by atoms with E-state index in [4.69, 9.17) is 23.2 Å². The van der Waals surface area contributed by atoms with Crippen LogP contribution in [0.4, 0.5) is 11.4 Å². The summed E-state index contributed by atoms with van der Waals surface area (Å²) >= 11 is 12.3. The fourth-order valence-corrected chi connectivity index (χ4v) is 4.98. The summed E-state index contributed by atoms with van der Waals surface area (Å²) in [5, 5.41) is 2.98. The average Bonchev–Trinajstić information content (AvgIpc) is 2.69. The van der Waals surface area contributed by atoms with Crippen LogP contribution in [0.25, 0.3) is 0 Å². The van der Waals surface area contributed by atoms with E-state index in [1.165, 1.54) is 41.7 Å². The number of halogens is 2. The summed E-state index contributed by atoms with van der Waals surface area (Å²) in [5.41, 5.74) is 0.872. The zero-order chi connectivity index (χ0) is 21.2. The molecule has 1 amide bonds. The molecule has 154 valence electrons. The van der Waals surface area contributed by atoms with Gasteiger partial charge in [0.1, 0.15) is 0 Å². The van der Waals surface area contributed by atoms with E-state index in [0.717, 1.165) is 6.42 Å². The number of carbonyl (C=O) groups is 2. The van der Waals surface area contributed by atoms with Crippen LogP contribution in [0.3, 0.4) is 0 Å². The maximum Gasteiger partial charge on any atom is 0.337 e. The molecule has 1 heterocycles. The van der Waals surface area contributed by atoms with E-state index in [1.807, 2.05) is 0 Å². The van der Waals surface area contributed by atoms with E-state index in [1.54, 1.807) is 6.07 Å². The first kappa shape index (κ1) is 21.4. The number of methoxy groups -OCH3 is 1. The first-order chi connectivity index (χ1) is 13.7. The highest BCUT2D eigenvalue weighted by atomic mass is 35.5. The quantitative estimate of drug-likeness (QED) is 0.702. The highest BCUT2D eigenvalue weighted by Crippen LogP contribution is 2.30. The fraction of sp³-hybridized carbons (Fsp3) is 0.263. The van der Waals surface area contributed by atoms with Crippen molar-refractivity contribution < 1.29 is 22.7 Å². The number of carbonyl (C=O) groups excluding carboxylic acids is 2. The smallest absolute Gasteiger partial charge is 0.337 e. The SMILES string of the molecule is COC(=O)c1ccc(Cl)c(NC(=O)c2cc(N3CCCCS3(=O)=O)ccc2Cl)c1. The lowest BCUT2D eigenvalue weighted by Crippen LogP contribution is -2.38. The predicted molar refractivity (Wildman–Crippen MR) is 113 cm³/mol. The minimum absolute atomic E-state index is 0.0626. The summed E-state index contributed by atoms with van der Waals surface area (Å²) in [6.07, 6.45) is 1.34. The number of hydrogen-bond donors (Lipinski definition) is 1. The van der Waals surface area contributed by atoms with Crippen LogP contribution >= 0.6 is 23.2 Å². The van der Waals surface area contributed by atoms with Gasteiger partial charge >= 0.3 is 5.97 Å². The lowest BCUT2D eigenvalue weighted by molar-refractivity contribution is 0.0600. The minimum atomic E-state index is -3.43. The number of anilines is 2. The normalized spacial score (nSPS) is 15.6. The molecular weight excluding hydrogens is 439 g/mol. The maximum absolute atomic E-state index is 12.8. The van der Waals surface area contributed by atoms with Crippen LogP contribution < -0.4 is 9.62 Å². The number of nitrogens with zero attached hydrogens (tertiary/aromatic N) is 1. The van der Waals surface area contributed by atoms with Crippen LogP contribution in [0, 0.1) is 0 Å². The van der Waals surface area contributed by atoms with Crippen molar-refractivity contribution in [3.8, 4) is 0 Å². The highest BCUT2D eigenvalue weighted by Gasteiger charge is 2.27. The molecule has 3 rings (SSSR count). The molecule has 1 aliphatic heterocycles. The Bertz CT molecular complexity index is 1070. The van der Waals surface area contributed by atoms with Gasteiger partial charge in [-0.1, -0.05) is 23.2 Å². The number of ether oxygens (including phenoxy) is 1. The summed E-state index contributed by atoms with van der Waals surface area (Å²) in [6.45, 7) is 0.345. The standard InChI is InChI=1S/C19H18Cl2N2O5S/c1-28-19(25)12-4-6-16(21)17(10-12)22-18(24)14-11-13(5-7-15(14)20)23-8-2-3-9-29(23,26)27/h4-7,10-11H,2-3,8-9H2,1H3,(H,22,24). The van der Waals surface area contributed by atoms with Gasteiger partial charge in [-0.2, -0.15) is 0 Å². The lowest BCUT2D eigenvalue weighted by atomic mass is 10.1. The topological polar surface area (TPSA) is 92.8 Å². The third kappa shape index (κ3) is 4.66. The maximum atomic E-state index is 12.8. The molecule has 1 saturated heterocycles. The third-order valence-corrected chi connectivity index (χ3v) is 7.00. The van der Waals surface area contributed by atoms with Gasteiger partial charge in [0.05, 0.1) is 45.4 Å². The van der Waals surface area contributed by atoms with Gasteiger partial charge in [-0.15, -0.1) is 0 Å². The molecule has 0 spiro atoms. The molecule has 0 aromatic heterocycles. The Morgan fingerprint density at radius 3 is 2.48 bits per heavy atom. The monoisotopic (exact) mass is 456 g/mol. The van der Waals surface area contributed by atoms with Crippen LogP contribution in [0.5, 0.6) is 0 Å². The largest absolute Gasteiger partial charge is 0.465 e. The van der Waals surface area contributed by atoms with Crippen molar-refractivity contribution >= 4 is 56.5 Å². The number of esters is 1. The minimum Gasteiger partial charge on any atom is -0.465 e. The lowest BCUT2D eigenvalue weighted by Gasteiger charge is -2.28. The van der Waals surface area contributed by atoms with Crippen LogP contribution in [0.15, 0.2) is 36.4 Å². The number of hydrogen-bond acceptors (Lipinski definition) is 5. The van der Waals surface area contributed by atoms with E-state index in [-0.39, 0.29) is 32.6 Å². The summed E-state index contributed by atoms with van der Waals surface area (Å²) in [4.78, 5) is 24.5. The van der Waals surface area contributed by atoms with Crippen LogP contribution in [0.2, 0.25) is 10.0 Å². The van der Waals surface area contributed by atoms with Gasteiger partial charge in [0.2, 0.25) is 10.0 Å². The zero-order valence-corrected chi connectivity index (χ0v) is 17.8. The molecular formula is C19H18Cl2N2O5S. The third-order valence-electron chi connectivity index (χ3n) is 4.47. The first-order valence-electron chi connectivity index (χ1n) is 8.72. The Hall–Kier alpha value is -2.29. The molecule has 2 aromatic carbocycles. The average molecular weight is 457 g/mol. The second-order valence-electron chi connectivity index (χ2n) is 6.40. The molecule has 0 unspecified atom stereocenters. The predicted octanol–water partition coefficient (Wildman–Crippen LogP) is 3.96. The summed E-state index contributed by atoms with van der Waals surface area (Å²) < 4.78 is 30.6. The first-order valence-corrected chi connectivity index (χ1v) is 11.1. The van der Waals surface area contributed by atoms with Crippen molar-refractivity contribution in [1.82, 2.24) is 0 Å².